The van der Waals surface area contributed by atoms with Gasteiger partial charge in [0, 0.05) is 6.61 Å². The Kier molecular flexibility index (Phi) is 10.0. The van der Waals surface area contributed by atoms with Gasteiger partial charge in [-0.2, -0.15) is 21.6 Å². The Morgan fingerprint density at radius 2 is 1.74 bits per heavy atom. The normalized spacial score (nSPS) is 11.4. The highest BCUT2D eigenvalue weighted by Gasteiger charge is 2.44. The van der Waals surface area contributed by atoms with Crippen LogP contribution in [0.15, 0.2) is 36.4 Å². The van der Waals surface area contributed by atoms with Gasteiger partial charge in [0.1, 0.15) is 0 Å². The molecule has 31 heavy (non-hydrogen) atoms. The van der Waals surface area contributed by atoms with E-state index in [2.05, 4.69) is 5.32 Å². The van der Waals surface area contributed by atoms with Gasteiger partial charge < -0.3 is 14.8 Å². The van der Waals surface area contributed by atoms with Crippen LogP contribution in [0.4, 0.5) is 24.5 Å². The number of rotatable bonds is 6. The molecule has 13 heteroatoms. The van der Waals surface area contributed by atoms with Crippen LogP contribution < -0.4 is 5.32 Å². The van der Waals surface area contributed by atoms with Crippen LogP contribution in [0, 0.1) is 6.92 Å². The predicted molar refractivity (Wildman–Crippen MR) is 110 cm³/mol. The van der Waals surface area contributed by atoms with Gasteiger partial charge in [-0.25, -0.2) is 4.79 Å². The molecule has 0 atom stereocenters. The van der Waals surface area contributed by atoms with Crippen molar-refractivity contribution < 1.29 is 40.4 Å². The Bertz CT molecular complexity index is 1020. The first kappa shape index (κ1) is 27.0. The van der Waals surface area contributed by atoms with Gasteiger partial charge in [0.15, 0.2) is 6.79 Å². The number of anilines is 2. The lowest BCUT2D eigenvalue weighted by Crippen LogP contribution is -2.21. The molecule has 0 fully saturated rings. The van der Waals surface area contributed by atoms with Crippen LogP contribution in [0.2, 0.25) is 10.0 Å². The van der Waals surface area contributed by atoms with E-state index in [4.69, 9.17) is 45.6 Å². The summed E-state index contributed by atoms with van der Waals surface area (Å²) in [6.45, 7) is 4.09. The van der Waals surface area contributed by atoms with Crippen molar-refractivity contribution in [3.63, 3.8) is 0 Å². The number of hydrogen-bond donors (Lipinski definition) is 2. The molecule has 172 valence electrons. The molecule has 0 aliphatic carbocycles. The second kappa shape index (κ2) is 11.5. The van der Waals surface area contributed by atoms with Gasteiger partial charge in [-0.15, -0.1) is 0 Å². The average Bonchev–Trinajstić information content (AvgIpc) is 2.67. The summed E-state index contributed by atoms with van der Waals surface area (Å²) < 4.78 is 67.6. The second-order valence-electron chi connectivity index (χ2n) is 5.69. The number of alkyl halides is 3. The first-order valence-corrected chi connectivity index (χ1v) is 10.6. The van der Waals surface area contributed by atoms with Crippen molar-refractivity contribution in [2.24, 2.45) is 0 Å². The van der Waals surface area contributed by atoms with E-state index in [1.165, 1.54) is 0 Å². The maximum absolute atomic E-state index is 12.2. The third-order valence-corrected chi connectivity index (χ3v) is 4.85. The van der Waals surface area contributed by atoms with Crippen molar-refractivity contribution in [3.05, 3.63) is 57.6 Å². The number of halogens is 5. The number of hydrogen-bond acceptors (Lipinski definition) is 6. The monoisotopic (exact) mass is 503 g/mol. The molecule has 0 spiro atoms. The molecule has 7 nitrogen and oxygen atoms in total. The topological polar surface area (TPSA) is 102 Å². The van der Waals surface area contributed by atoms with E-state index < -0.39 is 21.6 Å². The molecule has 0 unspecified atom stereocenters. The van der Waals surface area contributed by atoms with Crippen LogP contribution >= 0.6 is 23.2 Å². The van der Waals surface area contributed by atoms with E-state index in [1.807, 2.05) is 19.9 Å². The van der Waals surface area contributed by atoms with Gasteiger partial charge in [-0.05, 0) is 37.6 Å². The summed E-state index contributed by atoms with van der Waals surface area (Å²) >= 11 is 12.5. The Balaban J connectivity index is 0.000000512. The van der Waals surface area contributed by atoms with Crippen LogP contribution in [-0.2, 0) is 19.6 Å². The molecule has 2 aromatic carbocycles. The van der Waals surface area contributed by atoms with E-state index in [0.717, 1.165) is 5.56 Å². The van der Waals surface area contributed by atoms with E-state index in [9.17, 15) is 18.0 Å². The Hall–Kier alpha value is -2.05. The third-order valence-electron chi connectivity index (χ3n) is 3.46. The number of esters is 1. The molecule has 0 saturated heterocycles. The van der Waals surface area contributed by atoms with E-state index in [0.29, 0.717) is 33.6 Å². The second-order valence-corrected chi connectivity index (χ2v) is 7.89. The first-order valence-electron chi connectivity index (χ1n) is 8.38. The minimum absolute atomic E-state index is 0.0877. The zero-order chi connectivity index (χ0) is 23.8. The number of nitrogens with one attached hydrogen (secondary N) is 1. The average molecular weight is 504 g/mol. The molecule has 0 heterocycles. The van der Waals surface area contributed by atoms with Crippen molar-refractivity contribution in [1.29, 1.82) is 0 Å². The van der Waals surface area contributed by atoms with Crippen LogP contribution in [0.1, 0.15) is 22.8 Å². The van der Waals surface area contributed by atoms with Crippen molar-refractivity contribution in [2.75, 3.05) is 18.7 Å². The minimum Gasteiger partial charge on any atom is -0.435 e. The van der Waals surface area contributed by atoms with Gasteiger partial charge in [0.25, 0.3) is 0 Å². The summed E-state index contributed by atoms with van der Waals surface area (Å²) in [6.07, 6.45) is 0. The highest BCUT2D eigenvalue weighted by molar-refractivity contribution is 7.86. The van der Waals surface area contributed by atoms with E-state index in [-0.39, 0.29) is 6.79 Å². The molecule has 2 aromatic rings. The van der Waals surface area contributed by atoms with Crippen molar-refractivity contribution in [1.82, 2.24) is 0 Å². The number of benzene rings is 2. The fourth-order valence-electron chi connectivity index (χ4n) is 1.93. The lowest BCUT2D eigenvalue weighted by Gasteiger charge is -2.15. The minimum atomic E-state index is -5.84. The highest BCUT2D eigenvalue weighted by atomic mass is 35.5. The summed E-state index contributed by atoms with van der Waals surface area (Å²) in [5.41, 5.74) is -3.16. The number of aryl methyl sites for hydroxylation is 1. The molecule has 0 aromatic heterocycles. The van der Waals surface area contributed by atoms with E-state index >= 15 is 0 Å². The Morgan fingerprint density at radius 3 is 2.29 bits per heavy atom. The lowest BCUT2D eigenvalue weighted by molar-refractivity contribution is -0.0510. The maximum atomic E-state index is 12.2. The zero-order valence-electron chi connectivity index (χ0n) is 16.2. The molecule has 0 aliphatic rings. The zero-order valence-corrected chi connectivity index (χ0v) is 18.5. The quantitative estimate of drug-likeness (QED) is 0.174. The molecular formula is C18H18Cl2F3NO6S. The van der Waals surface area contributed by atoms with Crippen molar-refractivity contribution >= 4 is 50.7 Å². The fourth-order valence-corrected chi connectivity index (χ4v) is 2.40. The standard InChI is InChI=1S/C17H17Cl2NO3.CHF3O3S/c1-3-22-10-23-17(21)12-6-4-5-7-14(12)20-16-13(18)9-8-11(2)15(16)19;2-1(3,4)8(5,6)7/h4-9,20H,3,10H2,1-2H3;(H,5,6,7). The van der Waals surface area contributed by atoms with Gasteiger partial charge in [0.05, 0.1) is 27.0 Å². The molecule has 0 radical (unpaired) electrons. The maximum Gasteiger partial charge on any atom is 0.522 e. The Labute approximate surface area is 186 Å². The van der Waals surface area contributed by atoms with Gasteiger partial charge in [0.2, 0.25) is 0 Å². The predicted octanol–water partition coefficient (Wildman–Crippen LogP) is 5.59. The Morgan fingerprint density at radius 1 is 1.16 bits per heavy atom. The summed E-state index contributed by atoms with van der Waals surface area (Å²) in [4.78, 5) is 12.2. The number of carbonyl (C=O) groups is 1. The molecular weight excluding hydrogens is 486 g/mol. The largest absolute Gasteiger partial charge is 0.522 e. The molecule has 2 rings (SSSR count). The molecule has 0 saturated carbocycles. The summed E-state index contributed by atoms with van der Waals surface area (Å²) in [5.74, 6) is -0.485. The number of carbonyl (C=O) groups excluding carboxylic acids is 1. The van der Waals surface area contributed by atoms with Crippen LogP contribution in [-0.4, -0.2) is 37.8 Å². The van der Waals surface area contributed by atoms with Gasteiger partial charge >= 0.3 is 21.6 Å². The van der Waals surface area contributed by atoms with E-state index in [1.54, 1.807) is 30.3 Å². The molecule has 0 aliphatic heterocycles. The number of ether oxygens (including phenoxy) is 2. The van der Waals surface area contributed by atoms with Gasteiger partial charge in [-0.1, -0.05) is 41.4 Å². The third kappa shape index (κ3) is 8.19. The van der Waals surface area contributed by atoms with Crippen LogP contribution in [0.3, 0.4) is 0 Å². The lowest BCUT2D eigenvalue weighted by atomic mass is 10.1. The number of para-hydroxylation sites is 1. The summed E-state index contributed by atoms with van der Waals surface area (Å²) in [5, 5.41) is 4.10. The molecule has 2 N–H and O–H groups in total. The fraction of sp³-hybridized carbons (Fsp3) is 0.278. The van der Waals surface area contributed by atoms with Crippen LogP contribution in [0.25, 0.3) is 0 Å². The van der Waals surface area contributed by atoms with Crippen molar-refractivity contribution in [2.45, 2.75) is 19.4 Å². The van der Waals surface area contributed by atoms with Crippen LogP contribution in [0.5, 0.6) is 0 Å². The smallest absolute Gasteiger partial charge is 0.435 e. The molecule has 0 bridgehead atoms. The summed E-state index contributed by atoms with van der Waals surface area (Å²) in [6, 6.07) is 10.6. The SMILES string of the molecule is CCOCOC(=O)c1ccccc1Nc1c(Cl)ccc(C)c1Cl.O=S(=O)(O)C(F)(F)F. The first-order chi connectivity index (χ1) is 14.3. The van der Waals surface area contributed by atoms with Gasteiger partial charge in [-0.3, -0.25) is 4.55 Å². The van der Waals surface area contributed by atoms with Crippen molar-refractivity contribution in [3.8, 4) is 0 Å². The summed E-state index contributed by atoms with van der Waals surface area (Å²) in [7, 11) is -5.84. The molecule has 0 amide bonds. The highest BCUT2D eigenvalue weighted by Crippen LogP contribution is 2.36.